The molecule has 1 atom stereocenters. The van der Waals surface area contributed by atoms with E-state index in [1.165, 1.54) is 6.33 Å². The van der Waals surface area contributed by atoms with Gasteiger partial charge in [-0.25, -0.2) is 15.0 Å². The van der Waals surface area contributed by atoms with Crippen molar-refractivity contribution in [3.8, 4) is 0 Å². The van der Waals surface area contributed by atoms with Crippen LogP contribution in [0.2, 0.25) is 0 Å². The maximum atomic E-state index is 5.68. The fourth-order valence-corrected chi connectivity index (χ4v) is 1.59. The third-order valence-corrected chi connectivity index (χ3v) is 2.19. The van der Waals surface area contributed by atoms with Gasteiger partial charge in [0, 0.05) is 6.20 Å². The van der Waals surface area contributed by atoms with Crippen molar-refractivity contribution in [2.24, 2.45) is 0 Å². The number of hydrogen-bond acceptors (Lipinski definition) is 5. The van der Waals surface area contributed by atoms with E-state index in [-0.39, 0.29) is 0 Å². The predicted molar refractivity (Wildman–Crippen MR) is 65.3 cm³/mol. The van der Waals surface area contributed by atoms with Crippen molar-refractivity contribution >= 4 is 32.4 Å². The molecular weight excluding hydrogens is 225 g/mol. The summed E-state index contributed by atoms with van der Waals surface area (Å²) in [5.74, 6) is 1.15. The maximum Gasteiger partial charge on any atom is 0.169 e. The van der Waals surface area contributed by atoms with Gasteiger partial charge in [-0.15, -0.1) is 0 Å². The lowest BCUT2D eigenvalue weighted by Gasteiger charge is -2.02. The third kappa shape index (κ3) is 1.97. The van der Waals surface area contributed by atoms with E-state index in [2.05, 4.69) is 24.2 Å². The fourth-order valence-electron chi connectivity index (χ4n) is 1.33. The van der Waals surface area contributed by atoms with Gasteiger partial charge in [0.25, 0.3) is 0 Å². The van der Waals surface area contributed by atoms with Crippen molar-refractivity contribution in [2.75, 3.05) is 12.1 Å². The SMILES string of the molecule is CC(=Cn1cnc2c(N)ncnc21)OCP. The number of ether oxygens (including phenoxy) is 1. The summed E-state index contributed by atoms with van der Waals surface area (Å²) < 4.78 is 7.05. The van der Waals surface area contributed by atoms with Crippen molar-refractivity contribution in [1.29, 1.82) is 0 Å². The second kappa shape index (κ2) is 4.45. The minimum atomic E-state index is 0.377. The van der Waals surface area contributed by atoms with Gasteiger partial charge < -0.3 is 10.5 Å². The predicted octanol–water partition coefficient (Wildman–Crippen LogP) is 1.08. The summed E-state index contributed by atoms with van der Waals surface area (Å²) in [6.45, 7) is 1.86. The zero-order chi connectivity index (χ0) is 11.5. The van der Waals surface area contributed by atoms with Crippen LogP contribution in [0.3, 0.4) is 0 Å². The molecule has 2 aromatic heterocycles. The van der Waals surface area contributed by atoms with E-state index in [4.69, 9.17) is 10.5 Å². The van der Waals surface area contributed by atoms with Crippen LogP contribution in [0.1, 0.15) is 6.92 Å². The second-order valence-corrected chi connectivity index (χ2v) is 3.47. The Morgan fingerprint density at radius 2 is 2.38 bits per heavy atom. The van der Waals surface area contributed by atoms with Crippen LogP contribution in [-0.4, -0.2) is 25.9 Å². The number of hydrogen-bond donors (Lipinski definition) is 1. The molecule has 6 nitrogen and oxygen atoms in total. The number of aromatic nitrogens is 4. The van der Waals surface area contributed by atoms with Crippen LogP contribution < -0.4 is 5.73 Å². The number of nitrogens with zero attached hydrogens (tertiary/aromatic N) is 4. The van der Waals surface area contributed by atoms with Crippen molar-refractivity contribution in [1.82, 2.24) is 19.5 Å². The molecule has 0 radical (unpaired) electrons. The van der Waals surface area contributed by atoms with Gasteiger partial charge in [0.05, 0.1) is 0 Å². The monoisotopic (exact) mass is 237 g/mol. The molecule has 0 saturated carbocycles. The molecule has 84 valence electrons. The molecule has 0 aliphatic heterocycles. The Hall–Kier alpha value is -1.68. The van der Waals surface area contributed by atoms with E-state index in [1.54, 1.807) is 17.1 Å². The van der Waals surface area contributed by atoms with Crippen LogP contribution in [0.4, 0.5) is 5.82 Å². The van der Waals surface area contributed by atoms with Crippen molar-refractivity contribution in [3.05, 3.63) is 18.4 Å². The van der Waals surface area contributed by atoms with Gasteiger partial charge in [-0.2, -0.15) is 0 Å². The van der Waals surface area contributed by atoms with Gasteiger partial charge in [-0.1, -0.05) is 9.24 Å². The van der Waals surface area contributed by atoms with Gasteiger partial charge in [-0.05, 0) is 6.92 Å². The van der Waals surface area contributed by atoms with E-state index in [0.29, 0.717) is 23.3 Å². The molecular formula is C9H12N5OP. The molecule has 2 rings (SSSR count). The maximum absolute atomic E-state index is 5.68. The zero-order valence-electron chi connectivity index (χ0n) is 8.79. The highest BCUT2D eigenvalue weighted by atomic mass is 31.0. The van der Waals surface area contributed by atoms with Crippen LogP contribution >= 0.6 is 9.24 Å². The Morgan fingerprint density at radius 1 is 1.56 bits per heavy atom. The zero-order valence-corrected chi connectivity index (χ0v) is 9.95. The second-order valence-electron chi connectivity index (χ2n) is 3.13. The summed E-state index contributed by atoms with van der Waals surface area (Å²) in [5.41, 5.74) is 6.94. The molecule has 1 unspecified atom stereocenters. The Kier molecular flexibility index (Phi) is 3.01. The van der Waals surface area contributed by atoms with Gasteiger partial charge >= 0.3 is 0 Å². The summed E-state index contributed by atoms with van der Waals surface area (Å²) >= 11 is 0. The van der Waals surface area contributed by atoms with E-state index >= 15 is 0 Å². The Balaban J connectivity index is 2.47. The summed E-state index contributed by atoms with van der Waals surface area (Å²) in [4.78, 5) is 12.1. The molecule has 0 amide bonds. The first-order valence-corrected chi connectivity index (χ1v) is 5.48. The first-order chi connectivity index (χ1) is 7.72. The normalized spacial score (nSPS) is 12.0. The summed E-state index contributed by atoms with van der Waals surface area (Å²) in [6, 6.07) is 0. The van der Waals surface area contributed by atoms with Gasteiger partial charge in [-0.3, -0.25) is 4.57 Å². The molecule has 2 aromatic rings. The highest BCUT2D eigenvalue weighted by Crippen LogP contribution is 2.15. The highest BCUT2D eigenvalue weighted by Gasteiger charge is 2.06. The molecule has 0 aliphatic rings. The van der Waals surface area contributed by atoms with E-state index in [1.807, 2.05) is 6.92 Å². The molecule has 0 aromatic carbocycles. The molecule has 2 heterocycles. The topological polar surface area (TPSA) is 78.9 Å². The molecule has 7 heteroatoms. The minimum Gasteiger partial charge on any atom is -0.493 e. The number of imidazole rings is 1. The Labute approximate surface area is 94.7 Å². The van der Waals surface area contributed by atoms with Crippen molar-refractivity contribution < 1.29 is 4.74 Å². The third-order valence-electron chi connectivity index (χ3n) is 2.02. The van der Waals surface area contributed by atoms with Gasteiger partial charge in [0.1, 0.15) is 24.8 Å². The lowest BCUT2D eigenvalue weighted by atomic mass is 10.5. The lowest BCUT2D eigenvalue weighted by molar-refractivity contribution is 0.277. The average Bonchev–Trinajstić information content (AvgIpc) is 2.64. The van der Waals surface area contributed by atoms with Crippen molar-refractivity contribution in [2.45, 2.75) is 6.92 Å². The number of allylic oxidation sites excluding steroid dienone is 1. The highest BCUT2D eigenvalue weighted by molar-refractivity contribution is 7.16. The number of fused-ring (bicyclic) bond motifs is 1. The van der Waals surface area contributed by atoms with Crippen LogP contribution in [0.5, 0.6) is 0 Å². The van der Waals surface area contributed by atoms with E-state index in [0.717, 1.165) is 5.76 Å². The number of nitrogen functional groups attached to an aromatic ring is 1. The van der Waals surface area contributed by atoms with Crippen LogP contribution in [0.15, 0.2) is 18.4 Å². The molecule has 0 aliphatic carbocycles. The van der Waals surface area contributed by atoms with E-state index < -0.39 is 0 Å². The number of nitrogens with two attached hydrogens (primary N) is 1. The molecule has 0 fully saturated rings. The first-order valence-electron chi connectivity index (χ1n) is 4.66. The van der Waals surface area contributed by atoms with Crippen LogP contribution in [0.25, 0.3) is 17.4 Å². The fraction of sp³-hybridized carbons (Fsp3) is 0.222. The summed E-state index contributed by atoms with van der Waals surface area (Å²) in [5, 5.41) is 0. The first kappa shape index (κ1) is 10.8. The van der Waals surface area contributed by atoms with Crippen LogP contribution in [-0.2, 0) is 4.74 Å². The largest absolute Gasteiger partial charge is 0.493 e. The minimum absolute atomic E-state index is 0.377. The van der Waals surface area contributed by atoms with Crippen molar-refractivity contribution in [3.63, 3.8) is 0 Å². The Bertz CT molecular complexity index is 536. The van der Waals surface area contributed by atoms with Gasteiger partial charge in [0.15, 0.2) is 17.0 Å². The average molecular weight is 237 g/mol. The summed E-state index contributed by atoms with van der Waals surface area (Å²) in [7, 11) is 2.49. The smallest absolute Gasteiger partial charge is 0.169 e. The molecule has 0 bridgehead atoms. The summed E-state index contributed by atoms with van der Waals surface area (Å²) in [6.07, 6.45) is 5.39. The molecule has 16 heavy (non-hydrogen) atoms. The number of anilines is 1. The molecule has 0 saturated heterocycles. The van der Waals surface area contributed by atoms with E-state index in [9.17, 15) is 0 Å². The van der Waals surface area contributed by atoms with Gasteiger partial charge in [0.2, 0.25) is 0 Å². The molecule has 2 N–H and O–H groups in total. The lowest BCUT2D eigenvalue weighted by Crippen LogP contribution is -1.95. The standard InChI is InChI=1S/C9H12N5OP/c1-6(15-5-16)2-14-4-13-7-8(10)11-3-12-9(7)14/h2-4H,5,16H2,1H3,(H2,10,11,12). The number of rotatable bonds is 3. The quantitative estimate of drug-likeness (QED) is 0.638. The molecule has 0 spiro atoms. The Morgan fingerprint density at radius 3 is 3.12 bits per heavy atom. The van der Waals surface area contributed by atoms with Crippen LogP contribution in [0, 0.1) is 0 Å².